The Morgan fingerprint density at radius 1 is 1.19 bits per heavy atom. The summed E-state index contributed by atoms with van der Waals surface area (Å²) in [7, 11) is -3.07. The van der Waals surface area contributed by atoms with Gasteiger partial charge in [0.15, 0.2) is 0 Å². The molecule has 37 heavy (non-hydrogen) atoms. The molecule has 1 aromatic heterocycles. The standard InChI is InChI=1S/C22H27ClF3N3O7S/c1-3-4-5-8-29(37(31,32)36-21(27)30)14-15-6-7-17(34-10-9-33-2)12-19(15)35-20-18(23)11-16(13-28-20)22(24,25)26/h6-7,11-13H,3-5,8-10,14H2,1-2H3,(H2,27,30). The minimum Gasteiger partial charge on any atom is -0.491 e. The fourth-order valence-corrected chi connectivity index (χ4v) is 4.18. The van der Waals surface area contributed by atoms with Crippen LogP contribution in [0.1, 0.15) is 37.3 Å². The summed E-state index contributed by atoms with van der Waals surface area (Å²) in [5.74, 6) is -0.0508. The van der Waals surface area contributed by atoms with Gasteiger partial charge >= 0.3 is 22.6 Å². The van der Waals surface area contributed by atoms with E-state index in [0.717, 1.165) is 10.7 Å². The highest BCUT2D eigenvalue weighted by Crippen LogP contribution is 2.37. The van der Waals surface area contributed by atoms with E-state index in [1.807, 2.05) is 6.92 Å². The first kappa shape index (κ1) is 30.4. The van der Waals surface area contributed by atoms with Gasteiger partial charge in [0.2, 0.25) is 5.88 Å². The zero-order valence-electron chi connectivity index (χ0n) is 20.1. The van der Waals surface area contributed by atoms with Crippen molar-refractivity contribution in [3.8, 4) is 17.4 Å². The Morgan fingerprint density at radius 2 is 1.92 bits per heavy atom. The average molecular weight is 570 g/mol. The van der Waals surface area contributed by atoms with Crippen molar-refractivity contribution in [1.82, 2.24) is 9.29 Å². The quantitative estimate of drug-likeness (QED) is 0.318. The Kier molecular flexibility index (Phi) is 11.2. The Balaban J connectivity index is 2.45. The lowest BCUT2D eigenvalue weighted by Gasteiger charge is -2.22. The number of hydrogen-bond acceptors (Lipinski definition) is 8. The molecule has 0 saturated heterocycles. The van der Waals surface area contributed by atoms with Crippen molar-refractivity contribution in [1.29, 1.82) is 0 Å². The molecule has 0 aliphatic heterocycles. The lowest BCUT2D eigenvalue weighted by Crippen LogP contribution is -2.36. The number of rotatable bonds is 14. The number of halogens is 4. The van der Waals surface area contributed by atoms with Crippen LogP contribution in [0, 0.1) is 0 Å². The number of methoxy groups -OCH3 is 1. The van der Waals surface area contributed by atoms with Crippen molar-refractivity contribution in [2.75, 3.05) is 26.9 Å². The number of carbonyl (C=O) groups excluding carboxylic acids is 1. The molecule has 15 heteroatoms. The fourth-order valence-electron chi connectivity index (χ4n) is 3.01. The maximum Gasteiger partial charge on any atom is 0.421 e. The number of alkyl halides is 3. The molecule has 0 unspecified atom stereocenters. The van der Waals surface area contributed by atoms with Gasteiger partial charge in [-0.05, 0) is 18.6 Å². The number of primary amides is 1. The Morgan fingerprint density at radius 3 is 2.51 bits per heavy atom. The van der Waals surface area contributed by atoms with Crippen LogP contribution in [0.25, 0.3) is 0 Å². The van der Waals surface area contributed by atoms with E-state index >= 15 is 0 Å². The van der Waals surface area contributed by atoms with Crippen LogP contribution in [-0.2, 0) is 31.9 Å². The van der Waals surface area contributed by atoms with Gasteiger partial charge < -0.3 is 24.1 Å². The Bertz CT molecular complexity index is 1170. The highest BCUT2D eigenvalue weighted by Gasteiger charge is 2.32. The first-order chi connectivity index (χ1) is 17.4. The van der Waals surface area contributed by atoms with Crippen LogP contribution < -0.4 is 15.2 Å². The smallest absolute Gasteiger partial charge is 0.421 e. The number of benzene rings is 1. The summed E-state index contributed by atoms with van der Waals surface area (Å²) in [6.07, 6.45) is -3.66. The summed E-state index contributed by atoms with van der Waals surface area (Å²) in [6.45, 7) is 2.05. The fraction of sp³-hybridized carbons (Fsp3) is 0.455. The highest BCUT2D eigenvalue weighted by atomic mass is 35.5. The number of aromatic nitrogens is 1. The monoisotopic (exact) mass is 569 g/mol. The number of unbranched alkanes of at least 4 members (excludes halogenated alkanes) is 2. The Labute approximate surface area is 217 Å². The number of hydrogen-bond donors (Lipinski definition) is 1. The molecule has 0 radical (unpaired) electrons. The van der Waals surface area contributed by atoms with Crippen molar-refractivity contribution < 1.29 is 44.8 Å². The van der Waals surface area contributed by atoms with Crippen LogP contribution in [0.15, 0.2) is 30.5 Å². The van der Waals surface area contributed by atoms with Gasteiger partial charge in [0.1, 0.15) is 23.1 Å². The molecule has 0 spiro atoms. The molecule has 0 saturated carbocycles. The summed E-state index contributed by atoms with van der Waals surface area (Å²) in [6, 6.07) is 5.07. The van der Waals surface area contributed by atoms with E-state index in [4.69, 9.17) is 31.5 Å². The van der Waals surface area contributed by atoms with Crippen molar-refractivity contribution in [2.24, 2.45) is 5.73 Å². The number of ether oxygens (including phenoxy) is 3. The maximum absolute atomic E-state index is 13.0. The third-order valence-corrected chi connectivity index (χ3v) is 6.39. The number of carbonyl (C=O) groups is 1. The van der Waals surface area contributed by atoms with Crippen LogP contribution in [0.5, 0.6) is 17.4 Å². The first-order valence-corrected chi connectivity index (χ1v) is 12.8. The number of nitrogens with zero attached hydrogens (tertiary/aromatic N) is 2. The zero-order chi connectivity index (χ0) is 27.6. The van der Waals surface area contributed by atoms with Gasteiger partial charge in [0, 0.05) is 38.0 Å². The summed E-state index contributed by atoms with van der Waals surface area (Å²) in [4.78, 5) is 14.8. The normalized spacial score (nSPS) is 12.0. The van der Waals surface area contributed by atoms with Crippen LogP contribution in [0.4, 0.5) is 18.0 Å². The van der Waals surface area contributed by atoms with E-state index in [2.05, 4.69) is 9.17 Å². The maximum atomic E-state index is 13.0. The van der Waals surface area contributed by atoms with Crippen molar-refractivity contribution >= 4 is 28.0 Å². The van der Waals surface area contributed by atoms with Crippen LogP contribution in [-0.4, -0.2) is 50.7 Å². The molecular formula is C22H27ClF3N3O7S. The lowest BCUT2D eigenvalue weighted by molar-refractivity contribution is -0.137. The molecule has 1 amide bonds. The molecule has 0 bridgehead atoms. The van der Waals surface area contributed by atoms with Gasteiger partial charge in [0.25, 0.3) is 0 Å². The molecule has 0 aliphatic rings. The Hall–Kier alpha value is -2.81. The second-order valence-electron chi connectivity index (χ2n) is 7.62. The van der Waals surface area contributed by atoms with Crippen molar-refractivity contribution in [3.05, 3.63) is 46.6 Å². The molecule has 206 valence electrons. The minimum absolute atomic E-state index is 0.00107. The number of amides is 1. The van der Waals surface area contributed by atoms with Gasteiger partial charge in [-0.3, -0.25) is 0 Å². The molecule has 1 heterocycles. The van der Waals surface area contributed by atoms with E-state index in [1.165, 1.54) is 25.3 Å². The number of nitrogens with two attached hydrogens (primary N) is 1. The molecular weight excluding hydrogens is 543 g/mol. The van der Waals surface area contributed by atoms with E-state index in [9.17, 15) is 26.4 Å². The summed E-state index contributed by atoms with van der Waals surface area (Å²) >= 11 is 5.99. The molecule has 2 N–H and O–H groups in total. The topological polar surface area (TPSA) is 130 Å². The molecule has 0 aliphatic carbocycles. The lowest BCUT2D eigenvalue weighted by atomic mass is 10.1. The summed E-state index contributed by atoms with van der Waals surface area (Å²) < 4.78 is 85.6. The molecule has 2 rings (SSSR count). The largest absolute Gasteiger partial charge is 0.491 e. The van der Waals surface area contributed by atoms with Crippen LogP contribution in [0.2, 0.25) is 5.02 Å². The van der Waals surface area contributed by atoms with Gasteiger partial charge in [-0.25, -0.2) is 9.78 Å². The van der Waals surface area contributed by atoms with E-state index in [0.29, 0.717) is 30.9 Å². The van der Waals surface area contributed by atoms with Gasteiger partial charge in [-0.15, -0.1) is 0 Å². The van der Waals surface area contributed by atoms with E-state index in [1.54, 1.807) is 0 Å². The zero-order valence-corrected chi connectivity index (χ0v) is 21.7. The summed E-state index contributed by atoms with van der Waals surface area (Å²) in [5.41, 5.74) is 4.10. The van der Waals surface area contributed by atoms with Crippen molar-refractivity contribution in [3.63, 3.8) is 0 Å². The minimum atomic E-state index is -4.66. The predicted octanol–water partition coefficient (Wildman–Crippen LogP) is 4.90. The second-order valence-corrected chi connectivity index (χ2v) is 9.57. The third-order valence-electron chi connectivity index (χ3n) is 4.80. The third kappa shape index (κ3) is 9.54. The molecule has 10 nitrogen and oxygen atoms in total. The predicted molar refractivity (Wildman–Crippen MR) is 128 cm³/mol. The SMILES string of the molecule is CCCCCN(Cc1ccc(OCCOC)cc1Oc1ncc(C(F)(F)F)cc1Cl)S(=O)(=O)OC(N)=O. The molecule has 2 aromatic rings. The molecule has 1 aromatic carbocycles. The highest BCUT2D eigenvalue weighted by molar-refractivity contribution is 7.84. The van der Waals surface area contributed by atoms with Crippen LogP contribution in [0.3, 0.4) is 0 Å². The van der Waals surface area contributed by atoms with Crippen LogP contribution >= 0.6 is 11.6 Å². The van der Waals surface area contributed by atoms with Gasteiger partial charge in [0.05, 0.1) is 12.2 Å². The van der Waals surface area contributed by atoms with Crippen molar-refractivity contribution in [2.45, 2.75) is 38.9 Å². The number of pyridine rings is 1. The molecule has 0 fully saturated rings. The first-order valence-electron chi connectivity index (χ1n) is 11.0. The van der Waals surface area contributed by atoms with E-state index in [-0.39, 0.29) is 43.5 Å². The average Bonchev–Trinajstić information content (AvgIpc) is 2.79. The van der Waals surface area contributed by atoms with Gasteiger partial charge in [-0.2, -0.15) is 25.9 Å². The van der Waals surface area contributed by atoms with E-state index < -0.39 is 33.2 Å². The second kappa shape index (κ2) is 13.7. The molecule has 0 atom stereocenters. The van der Waals surface area contributed by atoms with Gasteiger partial charge in [-0.1, -0.05) is 37.4 Å². The summed E-state index contributed by atoms with van der Waals surface area (Å²) in [5, 5.41) is -0.420.